The van der Waals surface area contributed by atoms with Crippen LogP contribution < -0.4 is 4.90 Å². The molecule has 55 heavy (non-hydrogen) atoms. The van der Waals surface area contributed by atoms with E-state index in [0.717, 1.165) is 60.8 Å². The van der Waals surface area contributed by atoms with Gasteiger partial charge in [-0.25, -0.2) is 4.90 Å². The molecule has 8 aromatic carbocycles. The SMILES string of the molecule is O=C1c2cccc(-n3c4ccccc4c4cc(-n5c6ccccc6c6ccccc65)ccc43)c2C(=O)N1c1c(-c2ccccc2)cccc1-c1ccccc1. The maximum Gasteiger partial charge on any atom is 0.268 e. The van der Waals surface area contributed by atoms with Gasteiger partial charge in [0.1, 0.15) is 0 Å². The van der Waals surface area contributed by atoms with E-state index in [9.17, 15) is 4.79 Å². The lowest BCUT2D eigenvalue weighted by molar-refractivity contribution is 0.0926. The highest BCUT2D eigenvalue weighted by atomic mass is 16.2. The van der Waals surface area contributed by atoms with Gasteiger partial charge >= 0.3 is 0 Å². The molecule has 10 aromatic rings. The van der Waals surface area contributed by atoms with E-state index in [0.29, 0.717) is 22.5 Å². The van der Waals surface area contributed by atoms with Crippen LogP contribution in [0, 0.1) is 0 Å². The first-order chi connectivity index (χ1) is 27.2. The summed E-state index contributed by atoms with van der Waals surface area (Å²) < 4.78 is 4.47. The number of anilines is 1. The number of rotatable bonds is 5. The third-order valence-electron chi connectivity index (χ3n) is 11.1. The lowest BCUT2D eigenvalue weighted by Crippen LogP contribution is -2.30. The summed E-state index contributed by atoms with van der Waals surface area (Å²) in [6.07, 6.45) is 0. The van der Waals surface area contributed by atoms with Gasteiger partial charge in [0.2, 0.25) is 0 Å². The number of amides is 2. The average molecular weight is 706 g/mol. The standard InChI is InChI=1S/C50H31N3O2/c54-49-40-24-14-28-46(47(40)50(55)53(49)48-35(32-15-3-1-4-16-32)22-13-23-36(48)33-17-5-2-6-18-33)52-44-27-12-9-21-39(44)41-31-34(29-30-45(41)52)51-42-25-10-7-19-37(42)38-20-8-11-26-43(38)51/h1-31H. The van der Waals surface area contributed by atoms with E-state index in [-0.39, 0.29) is 11.8 Å². The maximum absolute atomic E-state index is 15.1. The second kappa shape index (κ2) is 12.0. The first-order valence-electron chi connectivity index (χ1n) is 18.5. The van der Waals surface area contributed by atoms with Crippen LogP contribution in [0.1, 0.15) is 20.7 Å². The van der Waals surface area contributed by atoms with E-state index < -0.39 is 0 Å². The summed E-state index contributed by atoms with van der Waals surface area (Å²) >= 11 is 0. The Bertz CT molecular complexity index is 3080. The minimum Gasteiger partial charge on any atom is -0.309 e. The zero-order valence-corrected chi connectivity index (χ0v) is 29.6. The molecule has 0 aliphatic carbocycles. The summed E-state index contributed by atoms with van der Waals surface area (Å²) in [5.41, 5.74) is 10.7. The lowest BCUT2D eigenvalue weighted by Gasteiger charge is -2.23. The van der Waals surface area contributed by atoms with Gasteiger partial charge in [0, 0.05) is 38.4 Å². The molecule has 1 aliphatic heterocycles. The molecule has 2 aromatic heterocycles. The Morgan fingerprint density at radius 2 is 0.818 bits per heavy atom. The first kappa shape index (κ1) is 31.1. The summed E-state index contributed by atoms with van der Waals surface area (Å²) in [5.74, 6) is -0.680. The minimum absolute atomic E-state index is 0.336. The molecule has 0 bridgehead atoms. The van der Waals surface area contributed by atoms with E-state index in [2.05, 4.69) is 94.1 Å². The van der Waals surface area contributed by atoms with Gasteiger partial charge in [-0.05, 0) is 59.7 Å². The smallest absolute Gasteiger partial charge is 0.268 e. The van der Waals surface area contributed by atoms with Crippen LogP contribution in [0.4, 0.5) is 5.69 Å². The van der Waals surface area contributed by atoms with Gasteiger partial charge in [-0.2, -0.15) is 0 Å². The van der Waals surface area contributed by atoms with E-state index >= 15 is 4.79 Å². The Hall–Kier alpha value is -7.50. The molecule has 0 saturated heterocycles. The Kier molecular flexibility index (Phi) is 6.79. The molecule has 0 atom stereocenters. The molecule has 0 spiro atoms. The van der Waals surface area contributed by atoms with Gasteiger partial charge in [0.05, 0.1) is 44.6 Å². The molecule has 5 heteroatoms. The molecule has 11 rings (SSSR count). The quantitative estimate of drug-likeness (QED) is 0.167. The molecule has 3 heterocycles. The minimum atomic E-state index is -0.344. The molecule has 0 radical (unpaired) electrons. The van der Waals surface area contributed by atoms with E-state index in [4.69, 9.17) is 0 Å². The summed E-state index contributed by atoms with van der Waals surface area (Å²) in [6.45, 7) is 0. The molecule has 5 nitrogen and oxygen atoms in total. The summed E-state index contributed by atoms with van der Waals surface area (Å²) in [4.78, 5) is 31.2. The molecule has 0 saturated carbocycles. The number of nitrogens with zero attached hydrogens (tertiary/aromatic N) is 3. The Morgan fingerprint density at radius 1 is 0.345 bits per heavy atom. The maximum atomic E-state index is 15.1. The number of hydrogen-bond donors (Lipinski definition) is 0. The summed E-state index contributed by atoms with van der Waals surface area (Å²) in [5, 5.41) is 4.53. The number of hydrogen-bond acceptors (Lipinski definition) is 2. The molecule has 258 valence electrons. The van der Waals surface area contributed by atoms with Crippen molar-refractivity contribution in [2.24, 2.45) is 0 Å². The van der Waals surface area contributed by atoms with Crippen molar-refractivity contribution in [2.45, 2.75) is 0 Å². The number of fused-ring (bicyclic) bond motifs is 7. The molecule has 0 N–H and O–H groups in total. The normalized spacial score (nSPS) is 12.8. The van der Waals surface area contributed by atoms with Crippen molar-refractivity contribution in [2.75, 3.05) is 4.90 Å². The van der Waals surface area contributed by atoms with Gasteiger partial charge in [-0.3, -0.25) is 9.59 Å². The van der Waals surface area contributed by atoms with Gasteiger partial charge < -0.3 is 9.13 Å². The van der Waals surface area contributed by atoms with E-state index in [1.54, 1.807) is 6.07 Å². The number of para-hydroxylation sites is 4. The molecule has 0 fully saturated rings. The molecular weight excluding hydrogens is 675 g/mol. The van der Waals surface area contributed by atoms with Gasteiger partial charge in [0.25, 0.3) is 11.8 Å². The zero-order valence-electron chi connectivity index (χ0n) is 29.6. The summed E-state index contributed by atoms with van der Waals surface area (Å²) in [7, 11) is 0. The van der Waals surface area contributed by atoms with Crippen LogP contribution in [0.25, 0.3) is 77.2 Å². The molecule has 2 amide bonds. The fraction of sp³-hybridized carbons (Fsp3) is 0. The predicted octanol–water partition coefficient (Wildman–Crippen LogP) is 12.0. The predicted molar refractivity (Wildman–Crippen MR) is 224 cm³/mol. The van der Waals surface area contributed by atoms with Gasteiger partial charge in [-0.15, -0.1) is 0 Å². The highest BCUT2D eigenvalue weighted by molar-refractivity contribution is 6.37. The Labute approximate surface area is 316 Å². The van der Waals surface area contributed by atoms with Crippen molar-refractivity contribution in [3.8, 4) is 33.6 Å². The molecule has 1 aliphatic rings. The number of imide groups is 1. The third-order valence-corrected chi connectivity index (χ3v) is 11.1. The van der Waals surface area contributed by atoms with Gasteiger partial charge in [0.15, 0.2) is 0 Å². The highest BCUT2D eigenvalue weighted by Gasteiger charge is 2.41. The molecule has 0 unspecified atom stereocenters. The largest absolute Gasteiger partial charge is 0.309 e. The third kappa shape index (κ3) is 4.53. The van der Waals surface area contributed by atoms with Crippen molar-refractivity contribution < 1.29 is 9.59 Å². The number of benzene rings is 8. The van der Waals surface area contributed by atoms with Crippen molar-refractivity contribution in [3.63, 3.8) is 0 Å². The van der Waals surface area contributed by atoms with Crippen LogP contribution in [0.15, 0.2) is 188 Å². The van der Waals surface area contributed by atoms with Crippen LogP contribution >= 0.6 is 0 Å². The molecular formula is C50H31N3O2. The Morgan fingerprint density at radius 3 is 1.42 bits per heavy atom. The Balaban J connectivity index is 1.13. The second-order valence-electron chi connectivity index (χ2n) is 14.0. The van der Waals surface area contributed by atoms with Crippen LogP contribution in [0.3, 0.4) is 0 Å². The number of carbonyl (C=O) groups is 2. The van der Waals surface area contributed by atoms with Crippen LogP contribution in [-0.2, 0) is 0 Å². The number of aromatic nitrogens is 2. The number of carbonyl (C=O) groups excluding carboxylic acids is 2. The van der Waals surface area contributed by atoms with Crippen molar-refractivity contribution >= 4 is 61.1 Å². The first-order valence-corrected chi connectivity index (χ1v) is 18.5. The lowest BCUT2D eigenvalue weighted by atomic mass is 9.95. The second-order valence-corrected chi connectivity index (χ2v) is 14.0. The van der Waals surface area contributed by atoms with E-state index in [1.165, 1.54) is 15.7 Å². The monoisotopic (exact) mass is 705 g/mol. The van der Waals surface area contributed by atoms with Crippen LogP contribution in [0.5, 0.6) is 0 Å². The van der Waals surface area contributed by atoms with Gasteiger partial charge in [-0.1, -0.05) is 140 Å². The fourth-order valence-electron chi connectivity index (χ4n) is 8.70. The van der Waals surface area contributed by atoms with Crippen LogP contribution in [-0.4, -0.2) is 20.9 Å². The van der Waals surface area contributed by atoms with Crippen molar-refractivity contribution in [1.29, 1.82) is 0 Å². The average Bonchev–Trinajstić information content (AvgIpc) is 3.85. The van der Waals surface area contributed by atoms with Crippen LogP contribution in [0.2, 0.25) is 0 Å². The summed E-state index contributed by atoms with van der Waals surface area (Å²) in [6, 6.07) is 63.4. The zero-order chi connectivity index (χ0) is 36.6. The topological polar surface area (TPSA) is 47.2 Å². The van der Waals surface area contributed by atoms with E-state index in [1.807, 2.05) is 97.1 Å². The fourth-order valence-corrected chi connectivity index (χ4v) is 8.70. The van der Waals surface area contributed by atoms with Crippen molar-refractivity contribution in [1.82, 2.24) is 9.13 Å². The highest BCUT2D eigenvalue weighted by Crippen LogP contribution is 2.45. The van der Waals surface area contributed by atoms with Crippen molar-refractivity contribution in [3.05, 3.63) is 199 Å².